The number of rotatable bonds is 6. The van der Waals surface area contributed by atoms with Gasteiger partial charge >= 0.3 is 0 Å². The van der Waals surface area contributed by atoms with Crippen molar-refractivity contribution in [3.63, 3.8) is 0 Å². The molecule has 0 aliphatic rings. The third-order valence-corrected chi connectivity index (χ3v) is 5.15. The lowest BCUT2D eigenvalue weighted by Crippen LogP contribution is -2.30. The Morgan fingerprint density at radius 3 is 2.67 bits per heavy atom. The molecule has 5 nitrogen and oxygen atoms in total. The van der Waals surface area contributed by atoms with Crippen LogP contribution in [0, 0.1) is 6.92 Å². The van der Waals surface area contributed by atoms with Gasteiger partial charge in [-0.2, -0.15) is 0 Å². The number of aryl methyl sites for hydroxylation is 1. The van der Waals surface area contributed by atoms with Gasteiger partial charge in [0.15, 0.2) is 0 Å². The van der Waals surface area contributed by atoms with Crippen LogP contribution in [0.2, 0.25) is 0 Å². The Morgan fingerprint density at radius 1 is 1.29 bits per heavy atom. The maximum absolute atomic E-state index is 12.1. The van der Waals surface area contributed by atoms with Crippen LogP contribution in [-0.2, 0) is 10.0 Å². The molecule has 8 heteroatoms. The Kier molecular flexibility index (Phi) is 6.76. The molecule has 0 atom stereocenters. The summed E-state index contributed by atoms with van der Waals surface area (Å²) in [6.45, 7) is 2.86. The summed E-state index contributed by atoms with van der Waals surface area (Å²) in [6, 6.07) is 6.84. The van der Waals surface area contributed by atoms with Crippen LogP contribution in [-0.4, -0.2) is 33.5 Å². The maximum Gasteiger partial charge on any atom is 0.240 e. The van der Waals surface area contributed by atoms with Gasteiger partial charge in [-0.05, 0) is 26.1 Å². The minimum atomic E-state index is -3.47. The summed E-state index contributed by atoms with van der Waals surface area (Å²) in [5, 5.41) is 5.67. The van der Waals surface area contributed by atoms with Crippen molar-refractivity contribution in [1.29, 1.82) is 0 Å². The van der Waals surface area contributed by atoms with Crippen LogP contribution in [0.25, 0.3) is 10.6 Å². The first-order valence-corrected chi connectivity index (χ1v) is 8.56. The van der Waals surface area contributed by atoms with E-state index in [4.69, 9.17) is 0 Å². The van der Waals surface area contributed by atoms with E-state index in [2.05, 4.69) is 15.0 Å². The zero-order chi connectivity index (χ0) is 14.6. The molecule has 2 rings (SSSR count). The van der Waals surface area contributed by atoms with E-state index in [-0.39, 0.29) is 17.3 Å². The second-order valence-electron chi connectivity index (χ2n) is 4.32. The average Bonchev–Trinajstić information content (AvgIpc) is 2.86. The molecule has 2 N–H and O–H groups in total. The van der Waals surface area contributed by atoms with Crippen LogP contribution < -0.4 is 10.0 Å². The molecule has 0 amide bonds. The first kappa shape index (κ1) is 18.1. The van der Waals surface area contributed by atoms with E-state index in [9.17, 15) is 8.42 Å². The monoisotopic (exact) mass is 347 g/mol. The summed E-state index contributed by atoms with van der Waals surface area (Å²) in [4.78, 5) is 4.64. The molecule has 0 fully saturated rings. The SMILES string of the molecule is CNCCNS(=O)(=O)c1cccc(-c2nc(C)cs2)c1.Cl. The van der Waals surface area contributed by atoms with Gasteiger partial charge < -0.3 is 5.32 Å². The highest BCUT2D eigenvalue weighted by molar-refractivity contribution is 7.89. The highest BCUT2D eigenvalue weighted by atomic mass is 35.5. The van der Waals surface area contributed by atoms with Crippen molar-refractivity contribution in [2.45, 2.75) is 11.8 Å². The van der Waals surface area contributed by atoms with Crippen molar-refractivity contribution >= 4 is 33.8 Å². The van der Waals surface area contributed by atoms with E-state index in [1.165, 1.54) is 11.3 Å². The lowest BCUT2D eigenvalue weighted by molar-refractivity contribution is 0.579. The van der Waals surface area contributed by atoms with E-state index in [1.54, 1.807) is 25.2 Å². The quantitative estimate of drug-likeness (QED) is 0.784. The fraction of sp³-hybridized carbons (Fsp3) is 0.308. The standard InChI is InChI=1S/C13H17N3O2S2.ClH/c1-10-9-19-13(16-10)11-4-3-5-12(8-11)20(17,18)15-7-6-14-2;/h3-5,8-9,14-15H,6-7H2,1-2H3;1H. The van der Waals surface area contributed by atoms with Crippen molar-refractivity contribution in [1.82, 2.24) is 15.0 Å². The van der Waals surface area contributed by atoms with E-state index in [0.29, 0.717) is 13.1 Å². The molecule has 0 saturated heterocycles. The van der Waals surface area contributed by atoms with Crippen molar-refractivity contribution < 1.29 is 8.42 Å². The Bertz CT molecular complexity index is 686. The summed E-state index contributed by atoms with van der Waals surface area (Å²) in [5.74, 6) is 0. The first-order valence-electron chi connectivity index (χ1n) is 6.20. The molecule has 0 radical (unpaired) electrons. The summed E-state index contributed by atoms with van der Waals surface area (Å²) in [6.07, 6.45) is 0. The third-order valence-electron chi connectivity index (χ3n) is 2.68. The summed E-state index contributed by atoms with van der Waals surface area (Å²) >= 11 is 1.51. The van der Waals surface area contributed by atoms with Gasteiger partial charge in [-0.25, -0.2) is 18.1 Å². The predicted octanol–water partition coefficient (Wildman–Crippen LogP) is 2.04. The molecule has 21 heavy (non-hydrogen) atoms. The van der Waals surface area contributed by atoms with Gasteiger partial charge in [-0.15, -0.1) is 23.7 Å². The highest BCUT2D eigenvalue weighted by Gasteiger charge is 2.14. The number of halogens is 1. The van der Waals surface area contributed by atoms with Crippen LogP contribution in [0.15, 0.2) is 34.5 Å². The summed E-state index contributed by atoms with van der Waals surface area (Å²) < 4.78 is 26.8. The van der Waals surface area contributed by atoms with E-state index in [0.717, 1.165) is 16.3 Å². The number of hydrogen-bond donors (Lipinski definition) is 2. The van der Waals surface area contributed by atoms with Crippen LogP contribution in [0.1, 0.15) is 5.69 Å². The molecule has 0 bridgehead atoms. The molecule has 0 spiro atoms. The van der Waals surface area contributed by atoms with E-state index >= 15 is 0 Å². The predicted molar refractivity (Wildman–Crippen MR) is 88.7 cm³/mol. The first-order chi connectivity index (χ1) is 9.53. The van der Waals surface area contributed by atoms with Gasteiger partial charge in [-0.1, -0.05) is 12.1 Å². The summed E-state index contributed by atoms with van der Waals surface area (Å²) in [5.41, 5.74) is 1.75. The average molecular weight is 348 g/mol. The van der Waals surface area contributed by atoms with E-state index < -0.39 is 10.0 Å². The number of thiazole rings is 1. The minimum Gasteiger partial charge on any atom is -0.318 e. The highest BCUT2D eigenvalue weighted by Crippen LogP contribution is 2.25. The van der Waals surface area contributed by atoms with Gasteiger partial charge in [0.25, 0.3) is 0 Å². The fourth-order valence-electron chi connectivity index (χ4n) is 1.68. The molecular weight excluding hydrogens is 330 g/mol. The lowest BCUT2D eigenvalue weighted by Gasteiger charge is -2.07. The Labute approximate surface area is 135 Å². The molecule has 0 aliphatic heterocycles. The van der Waals surface area contributed by atoms with E-state index in [1.807, 2.05) is 18.4 Å². The van der Waals surface area contributed by atoms with Gasteiger partial charge in [0.05, 0.1) is 4.90 Å². The smallest absolute Gasteiger partial charge is 0.240 e. The molecule has 1 aromatic carbocycles. The van der Waals surface area contributed by atoms with Gasteiger partial charge in [0.2, 0.25) is 10.0 Å². The van der Waals surface area contributed by atoms with Crippen molar-refractivity contribution in [3.05, 3.63) is 35.3 Å². The number of hydrogen-bond acceptors (Lipinski definition) is 5. The van der Waals surface area contributed by atoms with Crippen LogP contribution in [0.5, 0.6) is 0 Å². The second kappa shape index (κ2) is 7.86. The number of benzene rings is 1. The molecule has 116 valence electrons. The van der Waals surface area contributed by atoms with Crippen LogP contribution in [0.4, 0.5) is 0 Å². The molecule has 1 heterocycles. The zero-order valence-electron chi connectivity index (χ0n) is 11.8. The number of sulfonamides is 1. The molecule has 0 unspecified atom stereocenters. The van der Waals surface area contributed by atoms with Crippen molar-refractivity contribution in [2.75, 3.05) is 20.1 Å². The molecule has 1 aromatic heterocycles. The van der Waals surface area contributed by atoms with Gasteiger partial charge in [0, 0.05) is 29.7 Å². The third kappa shape index (κ3) is 4.76. The van der Waals surface area contributed by atoms with Gasteiger partial charge in [-0.3, -0.25) is 0 Å². The second-order valence-corrected chi connectivity index (χ2v) is 6.95. The minimum absolute atomic E-state index is 0. The molecular formula is C13H18ClN3O2S2. The normalized spacial score (nSPS) is 11.1. The Morgan fingerprint density at radius 2 is 2.05 bits per heavy atom. The maximum atomic E-state index is 12.1. The number of nitrogens with zero attached hydrogens (tertiary/aromatic N) is 1. The summed E-state index contributed by atoms with van der Waals surface area (Å²) in [7, 11) is -1.69. The Hall–Kier alpha value is -0.990. The number of aromatic nitrogens is 1. The van der Waals surface area contributed by atoms with Crippen molar-refractivity contribution in [3.8, 4) is 10.6 Å². The Balaban J connectivity index is 0.00000220. The molecule has 2 aromatic rings. The molecule has 0 aliphatic carbocycles. The topological polar surface area (TPSA) is 71.1 Å². The number of nitrogens with one attached hydrogen (secondary N) is 2. The van der Waals surface area contributed by atoms with Crippen molar-refractivity contribution in [2.24, 2.45) is 0 Å². The molecule has 0 saturated carbocycles. The lowest BCUT2D eigenvalue weighted by atomic mass is 10.2. The largest absolute Gasteiger partial charge is 0.318 e. The van der Waals surface area contributed by atoms with Crippen LogP contribution in [0.3, 0.4) is 0 Å². The zero-order valence-corrected chi connectivity index (χ0v) is 14.2. The number of likely N-dealkylation sites (N-methyl/N-ethyl adjacent to an activating group) is 1. The fourth-order valence-corrected chi connectivity index (χ4v) is 3.55. The van der Waals surface area contributed by atoms with Crippen LogP contribution >= 0.6 is 23.7 Å². The van der Waals surface area contributed by atoms with Gasteiger partial charge in [0.1, 0.15) is 5.01 Å².